The number of carbonyl (C=O) groups is 1. The Labute approximate surface area is 149 Å². The molecule has 0 atom stereocenters. The minimum absolute atomic E-state index is 0.201. The van der Waals surface area contributed by atoms with Crippen LogP contribution < -0.4 is 10.6 Å². The molecule has 0 radical (unpaired) electrons. The number of hydrogen-bond acceptors (Lipinski definition) is 3. The molecule has 3 aromatic rings. The normalized spacial score (nSPS) is 10.2. The fraction of sp³-hybridized carbons (Fsp3) is 0.0526. The van der Waals surface area contributed by atoms with Gasteiger partial charge in [0.25, 0.3) is 5.91 Å². The standard InChI is InChI=1S/C19H16BrN3O/c1-13-5-7-16(8-6-13)22-18-9-14(11-21-12-18)19(24)23-17-4-2-3-15(20)10-17/h2-12,22H,1H3,(H,23,24). The number of nitrogens with one attached hydrogen (secondary N) is 2. The summed E-state index contributed by atoms with van der Waals surface area (Å²) in [6, 6.07) is 17.3. The minimum atomic E-state index is -0.201. The van der Waals surface area contributed by atoms with Gasteiger partial charge in [-0.05, 0) is 43.3 Å². The molecule has 3 rings (SSSR count). The zero-order chi connectivity index (χ0) is 16.9. The van der Waals surface area contributed by atoms with Crippen molar-refractivity contribution in [2.24, 2.45) is 0 Å². The number of amides is 1. The Balaban J connectivity index is 1.74. The highest BCUT2D eigenvalue weighted by atomic mass is 79.9. The number of rotatable bonds is 4. The van der Waals surface area contributed by atoms with Crippen molar-refractivity contribution in [3.63, 3.8) is 0 Å². The van der Waals surface area contributed by atoms with Gasteiger partial charge in [-0.15, -0.1) is 0 Å². The molecule has 1 heterocycles. The molecule has 0 spiro atoms. The molecule has 0 saturated carbocycles. The van der Waals surface area contributed by atoms with Crippen LogP contribution in [0.4, 0.5) is 17.1 Å². The summed E-state index contributed by atoms with van der Waals surface area (Å²) in [6.07, 6.45) is 3.24. The summed E-state index contributed by atoms with van der Waals surface area (Å²) in [5.74, 6) is -0.201. The van der Waals surface area contributed by atoms with E-state index in [-0.39, 0.29) is 5.91 Å². The maximum Gasteiger partial charge on any atom is 0.257 e. The predicted octanol–water partition coefficient (Wildman–Crippen LogP) is 5.15. The monoisotopic (exact) mass is 381 g/mol. The highest BCUT2D eigenvalue weighted by Gasteiger charge is 2.08. The van der Waals surface area contributed by atoms with Crippen LogP contribution >= 0.6 is 15.9 Å². The first-order valence-corrected chi connectivity index (χ1v) is 8.25. The zero-order valence-electron chi connectivity index (χ0n) is 13.1. The number of benzene rings is 2. The molecular weight excluding hydrogens is 366 g/mol. The number of halogens is 1. The molecule has 4 nitrogen and oxygen atoms in total. The Morgan fingerprint density at radius 3 is 2.50 bits per heavy atom. The molecule has 2 aromatic carbocycles. The van der Waals surface area contributed by atoms with Crippen LogP contribution in [0.5, 0.6) is 0 Å². The van der Waals surface area contributed by atoms with Crippen molar-refractivity contribution in [3.05, 3.63) is 82.6 Å². The number of carbonyl (C=O) groups excluding carboxylic acids is 1. The summed E-state index contributed by atoms with van der Waals surface area (Å²) in [7, 11) is 0. The average Bonchev–Trinajstić information content (AvgIpc) is 2.57. The average molecular weight is 382 g/mol. The van der Waals surface area contributed by atoms with Crippen molar-refractivity contribution in [2.75, 3.05) is 10.6 Å². The van der Waals surface area contributed by atoms with Gasteiger partial charge in [0.05, 0.1) is 17.4 Å². The quantitative estimate of drug-likeness (QED) is 0.656. The molecule has 1 amide bonds. The summed E-state index contributed by atoms with van der Waals surface area (Å²) < 4.78 is 0.910. The second-order valence-electron chi connectivity index (χ2n) is 5.42. The van der Waals surface area contributed by atoms with Gasteiger partial charge in [0.2, 0.25) is 0 Å². The molecule has 0 fully saturated rings. The number of aryl methyl sites for hydroxylation is 1. The van der Waals surface area contributed by atoms with Gasteiger partial charge >= 0.3 is 0 Å². The zero-order valence-corrected chi connectivity index (χ0v) is 14.7. The second kappa shape index (κ2) is 7.27. The van der Waals surface area contributed by atoms with Gasteiger partial charge in [0.15, 0.2) is 0 Å². The van der Waals surface area contributed by atoms with Gasteiger partial charge < -0.3 is 10.6 Å². The largest absolute Gasteiger partial charge is 0.354 e. The molecule has 0 bridgehead atoms. The topological polar surface area (TPSA) is 54.0 Å². The smallest absolute Gasteiger partial charge is 0.257 e. The lowest BCUT2D eigenvalue weighted by atomic mass is 10.2. The van der Waals surface area contributed by atoms with Gasteiger partial charge in [-0.3, -0.25) is 9.78 Å². The van der Waals surface area contributed by atoms with E-state index in [2.05, 4.69) is 31.5 Å². The van der Waals surface area contributed by atoms with Crippen molar-refractivity contribution < 1.29 is 4.79 Å². The van der Waals surface area contributed by atoms with Crippen LogP contribution in [-0.4, -0.2) is 10.9 Å². The lowest BCUT2D eigenvalue weighted by Gasteiger charge is -2.09. The summed E-state index contributed by atoms with van der Waals surface area (Å²) in [6.45, 7) is 2.04. The molecule has 1 aromatic heterocycles. The Kier molecular flexibility index (Phi) is 4.91. The molecule has 5 heteroatoms. The third kappa shape index (κ3) is 4.20. The fourth-order valence-corrected chi connectivity index (χ4v) is 2.60. The second-order valence-corrected chi connectivity index (χ2v) is 6.33. The van der Waals surface area contributed by atoms with E-state index in [0.717, 1.165) is 21.5 Å². The van der Waals surface area contributed by atoms with E-state index in [0.29, 0.717) is 5.56 Å². The van der Waals surface area contributed by atoms with E-state index in [1.54, 1.807) is 18.5 Å². The van der Waals surface area contributed by atoms with Crippen LogP contribution in [0.3, 0.4) is 0 Å². The lowest BCUT2D eigenvalue weighted by molar-refractivity contribution is 0.102. The van der Waals surface area contributed by atoms with E-state index in [4.69, 9.17) is 0 Å². The van der Waals surface area contributed by atoms with Gasteiger partial charge in [-0.1, -0.05) is 39.7 Å². The summed E-state index contributed by atoms with van der Waals surface area (Å²) in [5, 5.41) is 6.11. The predicted molar refractivity (Wildman–Crippen MR) is 101 cm³/mol. The number of anilines is 3. The van der Waals surface area contributed by atoms with E-state index < -0.39 is 0 Å². The summed E-state index contributed by atoms with van der Waals surface area (Å²) in [5.41, 5.74) is 4.13. The number of pyridine rings is 1. The van der Waals surface area contributed by atoms with Gasteiger partial charge in [0.1, 0.15) is 0 Å². The van der Waals surface area contributed by atoms with Crippen LogP contribution in [-0.2, 0) is 0 Å². The number of aromatic nitrogens is 1. The van der Waals surface area contributed by atoms with Crippen LogP contribution in [0.2, 0.25) is 0 Å². The van der Waals surface area contributed by atoms with E-state index in [1.165, 1.54) is 5.56 Å². The Morgan fingerprint density at radius 1 is 0.958 bits per heavy atom. The van der Waals surface area contributed by atoms with Crippen LogP contribution in [0, 0.1) is 6.92 Å². The first-order chi connectivity index (χ1) is 11.6. The van der Waals surface area contributed by atoms with E-state index >= 15 is 0 Å². The minimum Gasteiger partial charge on any atom is -0.354 e. The van der Waals surface area contributed by atoms with E-state index in [1.807, 2.05) is 55.5 Å². The lowest BCUT2D eigenvalue weighted by Crippen LogP contribution is -2.12. The molecule has 0 unspecified atom stereocenters. The highest BCUT2D eigenvalue weighted by Crippen LogP contribution is 2.19. The van der Waals surface area contributed by atoms with Gasteiger partial charge in [0, 0.05) is 22.0 Å². The first kappa shape index (κ1) is 16.2. The van der Waals surface area contributed by atoms with Crippen molar-refractivity contribution in [1.29, 1.82) is 0 Å². The van der Waals surface area contributed by atoms with E-state index in [9.17, 15) is 4.79 Å². The van der Waals surface area contributed by atoms with Crippen molar-refractivity contribution >= 4 is 38.9 Å². The maximum atomic E-state index is 12.4. The fourth-order valence-electron chi connectivity index (χ4n) is 2.21. The van der Waals surface area contributed by atoms with Gasteiger partial charge in [-0.2, -0.15) is 0 Å². The molecule has 0 aliphatic carbocycles. The molecule has 2 N–H and O–H groups in total. The number of hydrogen-bond donors (Lipinski definition) is 2. The molecular formula is C19H16BrN3O. The Morgan fingerprint density at radius 2 is 1.75 bits per heavy atom. The third-order valence-electron chi connectivity index (χ3n) is 3.42. The molecule has 0 aliphatic heterocycles. The summed E-state index contributed by atoms with van der Waals surface area (Å²) >= 11 is 3.39. The van der Waals surface area contributed by atoms with Crippen molar-refractivity contribution in [1.82, 2.24) is 4.98 Å². The van der Waals surface area contributed by atoms with Crippen molar-refractivity contribution in [2.45, 2.75) is 6.92 Å². The third-order valence-corrected chi connectivity index (χ3v) is 3.92. The highest BCUT2D eigenvalue weighted by molar-refractivity contribution is 9.10. The number of nitrogens with zero attached hydrogens (tertiary/aromatic N) is 1. The van der Waals surface area contributed by atoms with Crippen LogP contribution in [0.25, 0.3) is 0 Å². The molecule has 0 aliphatic rings. The van der Waals surface area contributed by atoms with Crippen molar-refractivity contribution in [3.8, 4) is 0 Å². The molecule has 120 valence electrons. The summed E-state index contributed by atoms with van der Waals surface area (Å²) in [4.78, 5) is 16.5. The Bertz CT molecular complexity index is 862. The molecule has 0 saturated heterocycles. The van der Waals surface area contributed by atoms with Crippen LogP contribution in [0.15, 0.2) is 71.5 Å². The van der Waals surface area contributed by atoms with Gasteiger partial charge in [-0.25, -0.2) is 0 Å². The first-order valence-electron chi connectivity index (χ1n) is 7.46. The van der Waals surface area contributed by atoms with Crippen LogP contribution in [0.1, 0.15) is 15.9 Å². The SMILES string of the molecule is Cc1ccc(Nc2cncc(C(=O)Nc3cccc(Br)c3)c2)cc1. The maximum absolute atomic E-state index is 12.4. The molecule has 24 heavy (non-hydrogen) atoms. The Hall–Kier alpha value is -2.66.